The van der Waals surface area contributed by atoms with Gasteiger partial charge < -0.3 is 19.5 Å². The first kappa shape index (κ1) is 16.4. The van der Waals surface area contributed by atoms with E-state index in [9.17, 15) is 9.59 Å². The molecule has 4 rings (SSSR count). The van der Waals surface area contributed by atoms with Gasteiger partial charge in [0.15, 0.2) is 18.1 Å². The summed E-state index contributed by atoms with van der Waals surface area (Å²) in [6.45, 7) is -0.306. The number of carbonyl (C=O) groups excluding carboxylic acids is 2. The highest BCUT2D eigenvalue weighted by atomic mass is 16.6. The first-order valence-electron chi connectivity index (χ1n) is 8.66. The van der Waals surface area contributed by atoms with Crippen molar-refractivity contribution in [2.45, 2.75) is 25.4 Å². The number of nitrogens with one attached hydrogen (secondary N) is 1. The highest BCUT2D eigenvalue weighted by molar-refractivity contribution is 5.93. The van der Waals surface area contributed by atoms with Crippen LogP contribution < -0.4 is 14.8 Å². The van der Waals surface area contributed by atoms with Crippen molar-refractivity contribution >= 4 is 17.6 Å². The quantitative estimate of drug-likeness (QED) is 0.855. The van der Waals surface area contributed by atoms with Crippen LogP contribution in [-0.2, 0) is 27.2 Å². The molecule has 1 atom stereocenters. The van der Waals surface area contributed by atoms with Gasteiger partial charge in [-0.25, -0.2) is 4.79 Å². The molecule has 0 bridgehead atoms. The second-order valence-corrected chi connectivity index (χ2v) is 6.36. The normalized spacial score (nSPS) is 17.3. The smallest absolute Gasteiger partial charge is 0.351 e. The van der Waals surface area contributed by atoms with E-state index in [0.29, 0.717) is 11.5 Å². The number of carbonyl (C=O) groups is 2. The van der Waals surface area contributed by atoms with Crippen LogP contribution in [0.15, 0.2) is 42.5 Å². The van der Waals surface area contributed by atoms with Crippen LogP contribution in [0.4, 0.5) is 5.69 Å². The van der Waals surface area contributed by atoms with E-state index in [-0.39, 0.29) is 19.1 Å². The third-order valence-corrected chi connectivity index (χ3v) is 4.50. The number of esters is 1. The lowest BCUT2D eigenvalue weighted by Gasteiger charge is -2.24. The molecule has 0 saturated heterocycles. The first-order valence-corrected chi connectivity index (χ1v) is 8.66. The Labute approximate surface area is 151 Å². The Morgan fingerprint density at radius 3 is 2.77 bits per heavy atom. The molecule has 0 radical (unpaired) electrons. The Bertz CT molecular complexity index is 848. The number of aryl methyl sites for hydroxylation is 2. The number of hydrogen-bond donors (Lipinski definition) is 1. The number of para-hydroxylation sites is 2. The van der Waals surface area contributed by atoms with E-state index in [0.717, 1.165) is 24.9 Å². The average Bonchev–Trinajstić information content (AvgIpc) is 3.13. The fourth-order valence-corrected chi connectivity index (χ4v) is 3.21. The van der Waals surface area contributed by atoms with Crippen molar-refractivity contribution in [3.05, 3.63) is 53.6 Å². The molecule has 2 aromatic rings. The molecule has 6 nitrogen and oxygen atoms in total. The summed E-state index contributed by atoms with van der Waals surface area (Å²) in [4.78, 5) is 24.1. The summed E-state index contributed by atoms with van der Waals surface area (Å²) in [5.74, 6) is 0.0752. The fourth-order valence-electron chi connectivity index (χ4n) is 3.21. The van der Waals surface area contributed by atoms with Crippen LogP contribution in [0, 0.1) is 0 Å². The molecular weight excluding hydrogens is 334 g/mol. The Kier molecular flexibility index (Phi) is 4.48. The van der Waals surface area contributed by atoms with Gasteiger partial charge >= 0.3 is 5.97 Å². The molecule has 0 aromatic heterocycles. The Balaban J connectivity index is 1.28. The summed E-state index contributed by atoms with van der Waals surface area (Å²) in [5, 5.41) is 2.76. The van der Waals surface area contributed by atoms with Gasteiger partial charge in [-0.15, -0.1) is 0 Å². The van der Waals surface area contributed by atoms with Crippen molar-refractivity contribution in [2.24, 2.45) is 0 Å². The van der Waals surface area contributed by atoms with E-state index >= 15 is 0 Å². The van der Waals surface area contributed by atoms with E-state index in [1.165, 1.54) is 11.1 Å². The maximum absolute atomic E-state index is 12.1. The lowest BCUT2D eigenvalue weighted by atomic mass is 10.1. The summed E-state index contributed by atoms with van der Waals surface area (Å²) in [6, 6.07) is 13.0. The second-order valence-electron chi connectivity index (χ2n) is 6.36. The SMILES string of the molecule is O=C(COC(=O)[C@H]1COc2ccccc2O1)Nc1ccc2c(c1)CCC2. The molecule has 26 heavy (non-hydrogen) atoms. The van der Waals surface area contributed by atoms with Gasteiger partial charge in [0.05, 0.1) is 0 Å². The fraction of sp³-hybridized carbons (Fsp3) is 0.300. The molecule has 0 unspecified atom stereocenters. The standard InChI is InChI=1S/C20H19NO5/c22-19(21-15-9-8-13-4-3-5-14(13)10-15)12-25-20(23)18-11-24-16-6-1-2-7-17(16)26-18/h1-2,6-10,18H,3-5,11-12H2,(H,21,22)/t18-/m1/s1. The molecule has 1 N–H and O–H groups in total. The van der Waals surface area contributed by atoms with Gasteiger partial charge in [0, 0.05) is 5.69 Å². The maximum Gasteiger partial charge on any atom is 0.351 e. The Hall–Kier alpha value is -3.02. The molecule has 0 spiro atoms. The summed E-state index contributed by atoms with van der Waals surface area (Å²) >= 11 is 0. The minimum absolute atomic E-state index is 0.0578. The van der Waals surface area contributed by atoms with E-state index in [2.05, 4.69) is 5.32 Å². The van der Waals surface area contributed by atoms with Gasteiger partial charge in [-0.3, -0.25) is 4.79 Å². The van der Waals surface area contributed by atoms with E-state index in [1.54, 1.807) is 18.2 Å². The van der Waals surface area contributed by atoms with Crippen LogP contribution in [0.5, 0.6) is 11.5 Å². The lowest BCUT2D eigenvalue weighted by Crippen LogP contribution is -2.39. The van der Waals surface area contributed by atoms with Crippen molar-refractivity contribution in [3.63, 3.8) is 0 Å². The van der Waals surface area contributed by atoms with Gasteiger partial charge in [-0.2, -0.15) is 0 Å². The van der Waals surface area contributed by atoms with Gasteiger partial charge in [0.2, 0.25) is 6.10 Å². The highest BCUT2D eigenvalue weighted by Gasteiger charge is 2.29. The molecular formula is C20H19NO5. The third kappa shape index (κ3) is 3.49. The van der Waals surface area contributed by atoms with Crippen LogP contribution in [0.1, 0.15) is 17.5 Å². The molecule has 2 aromatic carbocycles. The second kappa shape index (κ2) is 7.07. The number of anilines is 1. The third-order valence-electron chi connectivity index (χ3n) is 4.50. The van der Waals surface area contributed by atoms with Crippen LogP contribution in [0.3, 0.4) is 0 Å². The van der Waals surface area contributed by atoms with E-state index < -0.39 is 12.1 Å². The van der Waals surface area contributed by atoms with Crippen LogP contribution >= 0.6 is 0 Å². The van der Waals surface area contributed by atoms with Gasteiger partial charge in [0.25, 0.3) is 5.91 Å². The van der Waals surface area contributed by atoms with Crippen molar-refractivity contribution < 1.29 is 23.8 Å². The number of fused-ring (bicyclic) bond motifs is 2. The van der Waals surface area contributed by atoms with Crippen molar-refractivity contribution in [1.82, 2.24) is 0 Å². The van der Waals surface area contributed by atoms with E-state index in [1.807, 2.05) is 24.3 Å². The maximum atomic E-state index is 12.1. The summed E-state index contributed by atoms with van der Waals surface area (Å²) in [5.41, 5.74) is 3.33. The molecule has 134 valence electrons. The largest absolute Gasteiger partial charge is 0.485 e. The molecule has 0 saturated carbocycles. The zero-order chi connectivity index (χ0) is 17.9. The van der Waals surface area contributed by atoms with Gasteiger partial charge in [-0.1, -0.05) is 18.2 Å². The molecule has 6 heteroatoms. The number of rotatable bonds is 4. The lowest BCUT2D eigenvalue weighted by molar-refractivity contribution is -0.156. The molecule has 2 aliphatic rings. The predicted octanol–water partition coefficient (Wildman–Crippen LogP) is 2.50. The van der Waals surface area contributed by atoms with Gasteiger partial charge in [-0.05, 0) is 54.7 Å². The average molecular weight is 353 g/mol. The highest BCUT2D eigenvalue weighted by Crippen LogP contribution is 2.31. The number of ether oxygens (including phenoxy) is 3. The molecule has 0 fully saturated rings. The van der Waals surface area contributed by atoms with Crippen molar-refractivity contribution in [3.8, 4) is 11.5 Å². The number of hydrogen-bond acceptors (Lipinski definition) is 5. The topological polar surface area (TPSA) is 73.9 Å². The minimum Gasteiger partial charge on any atom is -0.485 e. The summed E-state index contributed by atoms with van der Waals surface area (Å²) in [7, 11) is 0. The zero-order valence-electron chi connectivity index (χ0n) is 14.2. The van der Waals surface area contributed by atoms with E-state index in [4.69, 9.17) is 14.2 Å². The molecule has 1 heterocycles. The summed E-state index contributed by atoms with van der Waals surface area (Å²) < 4.78 is 16.1. The monoisotopic (exact) mass is 353 g/mol. The number of benzene rings is 2. The molecule has 1 amide bonds. The molecule has 1 aliphatic carbocycles. The van der Waals surface area contributed by atoms with Crippen molar-refractivity contribution in [2.75, 3.05) is 18.5 Å². The Morgan fingerprint density at radius 1 is 1.08 bits per heavy atom. The zero-order valence-corrected chi connectivity index (χ0v) is 14.2. The summed E-state index contributed by atoms with van der Waals surface area (Å²) in [6.07, 6.45) is 2.40. The number of amides is 1. The van der Waals surface area contributed by atoms with Crippen LogP contribution in [0.25, 0.3) is 0 Å². The Morgan fingerprint density at radius 2 is 1.88 bits per heavy atom. The minimum atomic E-state index is -0.877. The van der Waals surface area contributed by atoms with Crippen molar-refractivity contribution in [1.29, 1.82) is 0 Å². The first-order chi connectivity index (χ1) is 12.7. The van der Waals surface area contributed by atoms with Crippen LogP contribution in [0.2, 0.25) is 0 Å². The predicted molar refractivity (Wildman–Crippen MR) is 94.4 cm³/mol. The van der Waals surface area contributed by atoms with Gasteiger partial charge in [0.1, 0.15) is 6.61 Å². The van der Waals surface area contributed by atoms with Crippen LogP contribution in [-0.4, -0.2) is 31.2 Å². The molecule has 1 aliphatic heterocycles.